The molecule has 2 aromatic rings. The van der Waals surface area contributed by atoms with Gasteiger partial charge in [-0.2, -0.15) is 0 Å². The molecule has 0 unspecified atom stereocenters. The quantitative estimate of drug-likeness (QED) is 0.0484. The first-order valence-corrected chi connectivity index (χ1v) is 23.4. The Kier molecular flexibility index (Phi) is 31.6. The second-order valence-corrected chi connectivity index (χ2v) is 16.5. The van der Waals surface area contributed by atoms with Crippen LogP contribution in [0.2, 0.25) is 0 Å². The lowest BCUT2D eigenvalue weighted by Crippen LogP contribution is -2.34. The molecule has 1 aromatic heterocycles. The lowest BCUT2D eigenvalue weighted by molar-refractivity contribution is -0.698. The average Bonchev–Trinajstić information content (AvgIpc) is 3.15. The van der Waals surface area contributed by atoms with E-state index in [0.717, 1.165) is 6.54 Å². The van der Waals surface area contributed by atoms with Gasteiger partial charge < -0.3 is 0 Å². The average molecular weight is 703 g/mol. The Morgan fingerprint density at radius 2 is 0.608 bits per heavy atom. The topological polar surface area (TPSA) is 3.88 Å². The zero-order valence-electron chi connectivity index (χ0n) is 34.7. The Labute approximate surface area is 320 Å². The third-order valence-electron chi connectivity index (χ3n) is 11.4. The lowest BCUT2D eigenvalue weighted by atomic mass is 10.0. The molecule has 1 heteroatoms. The Morgan fingerprint density at radius 1 is 0.314 bits per heavy atom. The number of hydrogen-bond donors (Lipinski definition) is 0. The fourth-order valence-electron chi connectivity index (χ4n) is 8.04. The Hall–Kier alpha value is -1.63. The van der Waals surface area contributed by atoms with E-state index in [2.05, 4.69) is 67.2 Å². The number of benzene rings is 1. The second kappa shape index (κ2) is 35.4. The highest BCUT2D eigenvalue weighted by molar-refractivity contribution is 5.16. The fourth-order valence-corrected chi connectivity index (χ4v) is 8.04. The molecule has 1 nitrogen and oxygen atoms in total. The molecule has 292 valence electrons. The van der Waals surface area contributed by atoms with Gasteiger partial charge in [0, 0.05) is 17.5 Å². The van der Waals surface area contributed by atoms with Crippen molar-refractivity contribution < 1.29 is 4.57 Å². The third kappa shape index (κ3) is 28.5. The van der Waals surface area contributed by atoms with Gasteiger partial charge in [-0.15, -0.1) is 0 Å². The third-order valence-corrected chi connectivity index (χ3v) is 11.4. The van der Waals surface area contributed by atoms with Crippen LogP contribution < -0.4 is 4.57 Å². The molecule has 0 spiro atoms. The van der Waals surface area contributed by atoms with Crippen LogP contribution >= 0.6 is 0 Å². The Bertz CT molecular complexity index is 926. The standard InChI is InChI=1S/C50H88N/c1-3-5-7-9-11-13-15-17-19-21-23-25-27-29-31-34-41-49-45-50(47-51(46-49)44-38-43-48-39-36-33-37-40-48)42-35-32-30-28-26-24-22-20-18-16-14-12-10-8-6-4-2/h33,36-37,39-40,45-47H,3-32,34-35,38,41-44H2,1-2H3/q+1. The predicted octanol–water partition coefficient (Wildman–Crippen LogP) is 16.2. The number of aryl methyl sites for hydroxylation is 4. The summed E-state index contributed by atoms with van der Waals surface area (Å²) in [6.07, 6.45) is 56.0. The van der Waals surface area contributed by atoms with E-state index in [4.69, 9.17) is 0 Å². The minimum Gasteiger partial charge on any atom is -0.205 e. The maximum absolute atomic E-state index is 2.56. The maximum atomic E-state index is 2.56. The zero-order valence-corrected chi connectivity index (χ0v) is 34.7. The molecule has 0 radical (unpaired) electrons. The van der Waals surface area contributed by atoms with Crippen LogP contribution in [0, 0.1) is 0 Å². The normalized spacial score (nSPS) is 11.5. The van der Waals surface area contributed by atoms with Gasteiger partial charge >= 0.3 is 0 Å². The molecule has 1 aromatic carbocycles. The number of hydrogen-bond acceptors (Lipinski definition) is 0. The van der Waals surface area contributed by atoms with Crippen molar-refractivity contribution >= 4 is 0 Å². The summed E-state index contributed by atoms with van der Waals surface area (Å²) in [5.41, 5.74) is 4.62. The summed E-state index contributed by atoms with van der Waals surface area (Å²) in [6.45, 7) is 5.75. The fraction of sp³-hybridized carbons (Fsp3) is 0.780. The van der Waals surface area contributed by atoms with Crippen LogP contribution in [0.15, 0.2) is 48.8 Å². The highest BCUT2D eigenvalue weighted by Crippen LogP contribution is 2.17. The first-order chi connectivity index (χ1) is 25.3. The first-order valence-electron chi connectivity index (χ1n) is 23.4. The molecule has 2 rings (SSSR count). The second-order valence-electron chi connectivity index (χ2n) is 16.5. The highest BCUT2D eigenvalue weighted by atomic mass is 14.9. The van der Waals surface area contributed by atoms with E-state index < -0.39 is 0 Å². The molecule has 0 saturated heterocycles. The zero-order chi connectivity index (χ0) is 36.1. The molecule has 0 saturated carbocycles. The summed E-state index contributed by atoms with van der Waals surface area (Å²) in [5.74, 6) is 0. The van der Waals surface area contributed by atoms with E-state index in [-0.39, 0.29) is 0 Å². The van der Waals surface area contributed by atoms with Gasteiger partial charge in [0.15, 0.2) is 12.4 Å². The molecule has 0 aliphatic heterocycles. The van der Waals surface area contributed by atoms with Crippen molar-refractivity contribution in [3.05, 3.63) is 65.5 Å². The number of nitrogens with zero attached hydrogens (tertiary/aromatic N) is 1. The van der Waals surface area contributed by atoms with Crippen LogP contribution in [0.5, 0.6) is 0 Å². The van der Waals surface area contributed by atoms with E-state index in [1.807, 2.05) is 0 Å². The van der Waals surface area contributed by atoms with E-state index in [0.29, 0.717) is 0 Å². The summed E-state index contributed by atoms with van der Waals surface area (Å²) in [4.78, 5) is 0. The Morgan fingerprint density at radius 3 is 0.941 bits per heavy atom. The molecule has 0 atom stereocenters. The first kappa shape index (κ1) is 45.5. The van der Waals surface area contributed by atoms with Gasteiger partial charge in [0.05, 0.1) is 0 Å². The largest absolute Gasteiger partial charge is 0.205 e. The molecule has 0 aliphatic rings. The van der Waals surface area contributed by atoms with Gasteiger partial charge in [-0.3, -0.25) is 0 Å². The van der Waals surface area contributed by atoms with Crippen molar-refractivity contribution in [1.29, 1.82) is 0 Å². The SMILES string of the molecule is CCCCCCCCCCCCCCCCCCc1cc(CCCCCCCCCCCCCCCCCC)c[n+](CCCc2ccccc2)c1. The van der Waals surface area contributed by atoms with Gasteiger partial charge in [0.2, 0.25) is 0 Å². The van der Waals surface area contributed by atoms with Crippen LogP contribution in [0.25, 0.3) is 0 Å². The van der Waals surface area contributed by atoms with E-state index in [9.17, 15) is 0 Å². The number of pyridine rings is 1. The monoisotopic (exact) mass is 703 g/mol. The van der Waals surface area contributed by atoms with Gasteiger partial charge in [-0.1, -0.05) is 237 Å². The highest BCUT2D eigenvalue weighted by Gasteiger charge is 2.09. The van der Waals surface area contributed by atoms with Gasteiger partial charge in [-0.25, -0.2) is 4.57 Å². The van der Waals surface area contributed by atoms with Crippen molar-refractivity contribution in [1.82, 2.24) is 0 Å². The smallest absolute Gasteiger partial charge is 0.171 e. The minimum absolute atomic E-state index is 1.13. The summed E-state index contributed by atoms with van der Waals surface area (Å²) >= 11 is 0. The van der Waals surface area contributed by atoms with Crippen LogP contribution in [-0.2, 0) is 25.8 Å². The summed E-state index contributed by atoms with van der Waals surface area (Å²) in [6, 6.07) is 13.6. The van der Waals surface area contributed by atoms with Gasteiger partial charge in [0.1, 0.15) is 6.54 Å². The van der Waals surface area contributed by atoms with E-state index in [1.54, 1.807) is 11.1 Å². The summed E-state index contributed by atoms with van der Waals surface area (Å²) in [5, 5.41) is 0. The molecule has 0 bridgehead atoms. The Balaban J connectivity index is 1.57. The van der Waals surface area contributed by atoms with Crippen molar-refractivity contribution in [2.75, 3.05) is 0 Å². The number of rotatable bonds is 38. The van der Waals surface area contributed by atoms with Crippen molar-refractivity contribution in [2.45, 2.75) is 252 Å². The van der Waals surface area contributed by atoms with Crippen molar-refractivity contribution in [2.24, 2.45) is 0 Å². The van der Waals surface area contributed by atoms with Crippen molar-refractivity contribution in [3.63, 3.8) is 0 Å². The molecule has 0 amide bonds. The van der Waals surface area contributed by atoms with Crippen LogP contribution in [0.4, 0.5) is 0 Å². The summed E-state index contributed by atoms with van der Waals surface area (Å²) in [7, 11) is 0. The van der Waals surface area contributed by atoms with Gasteiger partial charge in [0.25, 0.3) is 0 Å². The predicted molar refractivity (Wildman–Crippen MR) is 228 cm³/mol. The number of aromatic nitrogens is 1. The molecule has 1 heterocycles. The van der Waals surface area contributed by atoms with E-state index >= 15 is 0 Å². The number of unbranched alkanes of at least 4 members (excludes halogenated alkanes) is 30. The molecular weight excluding hydrogens is 615 g/mol. The summed E-state index contributed by atoms with van der Waals surface area (Å²) < 4.78 is 2.53. The van der Waals surface area contributed by atoms with Crippen LogP contribution in [0.1, 0.15) is 242 Å². The lowest BCUT2D eigenvalue weighted by Gasteiger charge is -2.07. The molecule has 0 fully saturated rings. The maximum Gasteiger partial charge on any atom is 0.171 e. The molecule has 0 N–H and O–H groups in total. The van der Waals surface area contributed by atoms with E-state index in [1.165, 1.54) is 237 Å². The molecule has 51 heavy (non-hydrogen) atoms. The molecule has 0 aliphatic carbocycles. The molecular formula is C50H88N+. The van der Waals surface area contributed by atoms with Gasteiger partial charge in [-0.05, 0) is 43.7 Å². The minimum atomic E-state index is 1.13. The van der Waals surface area contributed by atoms with Crippen molar-refractivity contribution in [3.8, 4) is 0 Å². The van der Waals surface area contributed by atoms with Crippen LogP contribution in [0.3, 0.4) is 0 Å². The van der Waals surface area contributed by atoms with Crippen LogP contribution in [-0.4, -0.2) is 0 Å².